The van der Waals surface area contributed by atoms with Crippen molar-refractivity contribution in [3.63, 3.8) is 0 Å². The quantitative estimate of drug-likeness (QED) is 0.707. The van der Waals surface area contributed by atoms with Crippen molar-refractivity contribution >= 4 is 25.7 Å². The molecule has 0 amide bonds. The molecule has 0 atom stereocenters. The third-order valence-electron chi connectivity index (χ3n) is 1.60. The van der Waals surface area contributed by atoms with E-state index in [2.05, 4.69) is 15.2 Å². The van der Waals surface area contributed by atoms with Gasteiger partial charge >= 0.3 is 70.5 Å². The summed E-state index contributed by atoms with van der Waals surface area (Å²) >= 11 is 0. The molecule has 0 bridgehead atoms. The van der Waals surface area contributed by atoms with Crippen LogP contribution >= 0.6 is 12.4 Å². The van der Waals surface area contributed by atoms with E-state index in [9.17, 15) is 0 Å². The van der Waals surface area contributed by atoms with Gasteiger partial charge in [-0.05, 0) is 0 Å². The van der Waals surface area contributed by atoms with E-state index in [0.717, 1.165) is 16.9 Å². The van der Waals surface area contributed by atoms with Crippen molar-refractivity contribution in [1.29, 1.82) is 0 Å². The van der Waals surface area contributed by atoms with E-state index in [1.807, 2.05) is 24.3 Å². The minimum absolute atomic E-state index is 0. The maximum absolute atomic E-state index is 5.53. The summed E-state index contributed by atoms with van der Waals surface area (Å²) in [6.45, 7) is 0. The molecule has 1 aromatic heterocycles. The molecule has 2 rings (SSSR count). The molecule has 0 saturated heterocycles. The third kappa shape index (κ3) is 3.71. The van der Waals surface area contributed by atoms with E-state index >= 15 is 0 Å². The van der Waals surface area contributed by atoms with Crippen LogP contribution in [0.2, 0.25) is 0 Å². The van der Waals surface area contributed by atoms with Gasteiger partial charge in [0.05, 0.1) is 0 Å². The summed E-state index contributed by atoms with van der Waals surface area (Å²) in [4.78, 5) is 4.01. The van der Waals surface area contributed by atoms with Crippen LogP contribution in [0.5, 0.6) is 0 Å². The number of aromatic nitrogens is 3. The molecule has 0 unspecified atom stereocenters. The first-order valence-electron chi connectivity index (χ1n) is 3.57. The van der Waals surface area contributed by atoms with Gasteiger partial charge < -0.3 is 11.0 Å². The number of nitrogens with zero attached hydrogens (tertiary/aromatic N) is 2. The number of hydrogen-bond donors (Lipinski definition) is 1. The Morgan fingerprint density at radius 1 is 1.07 bits per heavy atom. The Morgan fingerprint density at radius 3 is 2.13 bits per heavy atom. The summed E-state index contributed by atoms with van der Waals surface area (Å²) in [5, 5.41) is 6.52. The predicted octanol–water partition coefficient (Wildman–Crippen LogP) is 0.334. The monoisotopic (exact) mass is 225 g/mol. The minimum Gasteiger partial charge on any atom is -0.870 e. The normalized spacial score (nSPS) is 8.13. The van der Waals surface area contributed by atoms with Gasteiger partial charge in [0, 0.05) is 0 Å². The van der Waals surface area contributed by atoms with Crippen LogP contribution in [0.3, 0.4) is 0 Å². The number of benzene rings is 1. The van der Waals surface area contributed by atoms with E-state index in [0.29, 0.717) is 0 Å². The Bertz CT molecular complexity index is 366. The zero-order valence-electron chi connectivity index (χ0n) is 7.66. The van der Waals surface area contributed by atoms with Crippen LogP contribution in [0.4, 0.5) is 0 Å². The van der Waals surface area contributed by atoms with Crippen molar-refractivity contribution in [2.45, 2.75) is 0 Å². The van der Waals surface area contributed by atoms with E-state index < -0.39 is 0 Å². The van der Waals surface area contributed by atoms with Crippen molar-refractivity contribution in [1.82, 2.24) is 15.2 Å². The standard InChI is InChI=1S/C8H6BN3.ClH.2H2O/c9-7-3-1-6(2-4-7)8-10-5-11-12-8;;;/h1-5H,(H,10,11,12);1H;2*1H2/q+2;;;/p-2. The molecule has 0 aliphatic heterocycles. The molecule has 0 aliphatic rings. The van der Waals surface area contributed by atoms with Gasteiger partial charge in [0.2, 0.25) is 0 Å². The number of rotatable bonds is 1. The number of H-pyrrole nitrogens is 1. The molecule has 2 aromatic rings. The average molecular weight is 225 g/mol. The Morgan fingerprint density at radius 2 is 1.67 bits per heavy atom. The van der Waals surface area contributed by atoms with Gasteiger partial charge in [-0.3, -0.25) is 0 Å². The maximum atomic E-state index is 5.53. The minimum atomic E-state index is 0. The van der Waals surface area contributed by atoms with E-state index in [4.69, 9.17) is 7.85 Å². The third-order valence-corrected chi connectivity index (χ3v) is 1.60. The van der Waals surface area contributed by atoms with Gasteiger partial charge in [0.15, 0.2) is 0 Å². The Kier molecular flexibility index (Phi) is 7.50. The molecule has 0 aliphatic carbocycles. The molecule has 0 spiro atoms. The molecule has 0 fully saturated rings. The second kappa shape index (κ2) is 7.00. The first-order valence-corrected chi connectivity index (χ1v) is 3.57. The summed E-state index contributed by atoms with van der Waals surface area (Å²) in [6.07, 6.45) is 1.48. The smallest absolute Gasteiger partial charge is 0.870 e. The van der Waals surface area contributed by atoms with Gasteiger partial charge in [-0.1, -0.05) is 0 Å². The van der Waals surface area contributed by atoms with Gasteiger partial charge in [0.25, 0.3) is 0 Å². The summed E-state index contributed by atoms with van der Waals surface area (Å²) in [6, 6.07) is 7.46. The molecule has 1 aromatic carbocycles. The van der Waals surface area contributed by atoms with Gasteiger partial charge in [0.1, 0.15) is 0 Å². The van der Waals surface area contributed by atoms with Gasteiger partial charge in [-0.15, -0.1) is 12.4 Å². The molecule has 1 heterocycles. The number of halogens is 1. The number of hydrogen-bond acceptors (Lipinski definition) is 4. The molecule has 15 heavy (non-hydrogen) atoms. The van der Waals surface area contributed by atoms with Crippen LogP contribution in [0.15, 0.2) is 30.6 Å². The van der Waals surface area contributed by atoms with E-state index in [1.54, 1.807) is 0 Å². The maximum Gasteiger partial charge on any atom is -0.870 e. The molecule has 3 N–H and O–H groups in total. The van der Waals surface area contributed by atoms with Crippen molar-refractivity contribution < 1.29 is 11.0 Å². The largest absolute Gasteiger partial charge is 0.870 e. The van der Waals surface area contributed by atoms with Crippen molar-refractivity contribution in [2.75, 3.05) is 0 Å². The van der Waals surface area contributed by atoms with Crippen molar-refractivity contribution in [3.8, 4) is 11.4 Å². The van der Waals surface area contributed by atoms with E-state index in [-0.39, 0.29) is 23.4 Å². The summed E-state index contributed by atoms with van der Waals surface area (Å²) in [5.41, 5.74) is 1.74. The van der Waals surface area contributed by atoms with Crippen LogP contribution in [0, 0.1) is 0 Å². The fourth-order valence-electron chi connectivity index (χ4n) is 0.986. The zero-order valence-corrected chi connectivity index (χ0v) is 8.48. The molecule has 5 nitrogen and oxygen atoms in total. The SMILES string of the molecule is Cl.[B+2]c1ccc(-c2ncn[nH]2)cc1.[OH-].[OH-]. The predicted molar refractivity (Wildman–Crippen MR) is 58.3 cm³/mol. The van der Waals surface area contributed by atoms with Crippen molar-refractivity contribution in [3.05, 3.63) is 30.6 Å². The summed E-state index contributed by atoms with van der Waals surface area (Å²) < 4.78 is 0. The molecule has 0 saturated carbocycles. The van der Waals surface area contributed by atoms with Crippen LogP contribution in [0.25, 0.3) is 11.4 Å². The van der Waals surface area contributed by atoms with E-state index in [1.165, 1.54) is 6.33 Å². The fraction of sp³-hybridized carbons (Fsp3) is 0. The Labute approximate surface area is 94.4 Å². The average Bonchev–Trinajstić information content (AvgIpc) is 2.58. The first-order chi connectivity index (χ1) is 5.86. The number of aromatic amines is 1. The number of nitrogens with one attached hydrogen (secondary N) is 1. The Balaban J connectivity index is 0. The second-order valence-electron chi connectivity index (χ2n) is 2.46. The first kappa shape index (κ1) is 16.1. The second-order valence-corrected chi connectivity index (χ2v) is 2.46. The van der Waals surface area contributed by atoms with Crippen LogP contribution in [-0.2, 0) is 0 Å². The van der Waals surface area contributed by atoms with Gasteiger partial charge in [-0.25, -0.2) is 0 Å². The fourth-order valence-corrected chi connectivity index (χ4v) is 0.986. The van der Waals surface area contributed by atoms with Gasteiger partial charge in [-0.2, -0.15) is 0 Å². The zero-order chi connectivity index (χ0) is 8.39. The molecular formula is C8H9BClN3O2. The van der Waals surface area contributed by atoms with Crippen molar-refractivity contribution in [2.24, 2.45) is 0 Å². The summed E-state index contributed by atoms with van der Waals surface area (Å²) in [7, 11) is 5.53. The molecule has 0 radical (unpaired) electrons. The molecule has 78 valence electrons. The topological polar surface area (TPSA) is 102 Å². The summed E-state index contributed by atoms with van der Waals surface area (Å²) in [5.74, 6) is 0.759. The van der Waals surface area contributed by atoms with Crippen LogP contribution < -0.4 is 5.46 Å². The molecular weight excluding hydrogens is 216 g/mol. The van der Waals surface area contributed by atoms with Crippen LogP contribution in [-0.4, -0.2) is 34.0 Å². The van der Waals surface area contributed by atoms with Crippen LogP contribution in [0.1, 0.15) is 0 Å². The Hall–Kier alpha value is -1.37. The molecule has 7 heteroatoms.